The van der Waals surface area contributed by atoms with Gasteiger partial charge in [-0.3, -0.25) is 4.68 Å². The summed E-state index contributed by atoms with van der Waals surface area (Å²) in [5.74, 6) is 0.305. The van der Waals surface area contributed by atoms with Crippen molar-refractivity contribution in [3.05, 3.63) is 18.5 Å². The molecule has 0 fully saturated rings. The zero-order valence-corrected chi connectivity index (χ0v) is 9.39. The van der Waals surface area contributed by atoms with Gasteiger partial charge in [-0.15, -0.1) is 0 Å². The molecule has 6 heteroatoms. The average molecular weight is 226 g/mol. The second kappa shape index (κ2) is 6.84. The molecule has 1 unspecified atom stereocenters. The zero-order chi connectivity index (χ0) is 11.8. The smallest absolute Gasteiger partial charge is 0.314 e. The molecule has 0 aliphatic heterocycles. The Hall–Kier alpha value is -1.56. The summed E-state index contributed by atoms with van der Waals surface area (Å²) in [6.07, 6.45) is 3.62. The van der Waals surface area contributed by atoms with Gasteiger partial charge in [0.1, 0.15) is 0 Å². The van der Waals surface area contributed by atoms with Crippen LogP contribution in [0.15, 0.2) is 18.5 Å². The van der Waals surface area contributed by atoms with Crippen molar-refractivity contribution in [3.8, 4) is 0 Å². The SMILES string of the molecule is CC(CNC(=O)NCCO)Cn1cccn1. The van der Waals surface area contributed by atoms with E-state index in [1.54, 1.807) is 6.20 Å². The van der Waals surface area contributed by atoms with Crippen LogP contribution in [0.2, 0.25) is 0 Å². The number of rotatable bonds is 6. The Morgan fingerprint density at radius 3 is 3.00 bits per heavy atom. The average Bonchev–Trinajstić information content (AvgIpc) is 2.76. The van der Waals surface area contributed by atoms with Gasteiger partial charge in [0.2, 0.25) is 0 Å². The number of aliphatic hydroxyl groups excluding tert-OH is 1. The minimum Gasteiger partial charge on any atom is -0.395 e. The predicted octanol–water partition coefficient (Wildman–Crippen LogP) is -0.189. The summed E-state index contributed by atoms with van der Waals surface area (Å²) in [5.41, 5.74) is 0. The molecule has 0 aromatic carbocycles. The molecule has 3 N–H and O–H groups in total. The Kier molecular flexibility index (Phi) is 5.35. The second-order valence-electron chi connectivity index (χ2n) is 3.69. The Morgan fingerprint density at radius 2 is 2.38 bits per heavy atom. The van der Waals surface area contributed by atoms with Gasteiger partial charge >= 0.3 is 6.03 Å². The van der Waals surface area contributed by atoms with Crippen LogP contribution in [0.5, 0.6) is 0 Å². The fourth-order valence-electron chi connectivity index (χ4n) is 1.29. The molecular weight excluding hydrogens is 208 g/mol. The van der Waals surface area contributed by atoms with E-state index >= 15 is 0 Å². The standard InChI is InChI=1S/C10H18N4O2/c1-9(8-14-5-2-3-13-14)7-12-10(16)11-4-6-15/h2-3,5,9,15H,4,6-8H2,1H3,(H2,11,12,16). The van der Waals surface area contributed by atoms with Gasteiger partial charge in [-0.25, -0.2) is 4.79 Å². The number of aliphatic hydroxyl groups is 1. The summed E-state index contributed by atoms with van der Waals surface area (Å²) in [5, 5.41) is 17.8. The summed E-state index contributed by atoms with van der Waals surface area (Å²) >= 11 is 0. The molecule has 2 amide bonds. The van der Waals surface area contributed by atoms with Gasteiger partial charge in [0.15, 0.2) is 0 Å². The molecule has 0 saturated heterocycles. The molecule has 0 radical (unpaired) electrons. The fourth-order valence-corrected chi connectivity index (χ4v) is 1.29. The third-order valence-corrected chi connectivity index (χ3v) is 2.07. The molecule has 0 aliphatic rings. The maximum atomic E-state index is 11.2. The van der Waals surface area contributed by atoms with Gasteiger partial charge in [-0.1, -0.05) is 6.92 Å². The monoisotopic (exact) mass is 226 g/mol. The molecule has 0 aliphatic carbocycles. The minimum absolute atomic E-state index is 0.0454. The lowest BCUT2D eigenvalue weighted by atomic mass is 10.2. The van der Waals surface area contributed by atoms with Crippen molar-refractivity contribution < 1.29 is 9.90 Å². The van der Waals surface area contributed by atoms with Gasteiger partial charge in [0, 0.05) is 32.0 Å². The fraction of sp³-hybridized carbons (Fsp3) is 0.600. The molecule has 0 saturated carbocycles. The third kappa shape index (κ3) is 4.79. The van der Waals surface area contributed by atoms with E-state index in [1.165, 1.54) is 0 Å². The van der Waals surface area contributed by atoms with Crippen molar-refractivity contribution in [2.24, 2.45) is 5.92 Å². The van der Waals surface area contributed by atoms with Gasteiger partial charge in [0.05, 0.1) is 6.61 Å². The first-order valence-corrected chi connectivity index (χ1v) is 5.32. The Morgan fingerprint density at radius 1 is 1.56 bits per heavy atom. The number of nitrogens with one attached hydrogen (secondary N) is 2. The van der Waals surface area contributed by atoms with Crippen LogP contribution < -0.4 is 10.6 Å². The highest BCUT2D eigenvalue weighted by atomic mass is 16.3. The van der Waals surface area contributed by atoms with Crippen LogP contribution in [0.3, 0.4) is 0 Å². The maximum Gasteiger partial charge on any atom is 0.314 e. The summed E-state index contributed by atoms with van der Waals surface area (Å²) in [7, 11) is 0. The van der Waals surface area contributed by atoms with Crippen molar-refractivity contribution in [1.82, 2.24) is 20.4 Å². The van der Waals surface area contributed by atoms with Crippen molar-refractivity contribution in [2.75, 3.05) is 19.7 Å². The number of urea groups is 1. The number of hydrogen-bond acceptors (Lipinski definition) is 3. The first-order valence-electron chi connectivity index (χ1n) is 5.32. The van der Waals surface area contributed by atoms with Crippen LogP contribution in [0.25, 0.3) is 0 Å². The molecule has 1 rings (SSSR count). The summed E-state index contributed by atoms with van der Waals surface area (Å²) in [4.78, 5) is 11.2. The van der Waals surface area contributed by atoms with E-state index in [2.05, 4.69) is 15.7 Å². The molecule has 1 atom stereocenters. The van der Waals surface area contributed by atoms with Crippen LogP contribution in [-0.2, 0) is 6.54 Å². The van der Waals surface area contributed by atoms with Crippen LogP contribution in [0, 0.1) is 5.92 Å². The first kappa shape index (κ1) is 12.5. The van der Waals surface area contributed by atoms with Crippen molar-refractivity contribution >= 4 is 6.03 Å². The maximum absolute atomic E-state index is 11.2. The number of hydrogen-bond donors (Lipinski definition) is 3. The van der Waals surface area contributed by atoms with Crippen LogP contribution in [-0.4, -0.2) is 40.6 Å². The van der Waals surface area contributed by atoms with E-state index in [0.717, 1.165) is 6.54 Å². The zero-order valence-electron chi connectivity index (χ0n) is 9.39. The second-order valence-corrected chi connectivity index (χ2v) is 3.69. The quantitative estimate of drug-likeness (QED) is 0.629. The summed E-state index contributed by atoms with van der Waals surface area (Å²) < 4.78 is 1.83. The normalized spacial score (nSPS) is 12.1. The lowest BCUT2D eigenvalue weighted by Gasteiger charge is -2.13. The number of amides is 2. The molecule has 16 heavy (non-hydrogen) atoms. The highest BCUT2D eigenvalue weighted by molar-refractivity contribution is 5.73. The molecule has 1 heterocycles. The Labute approximate surface area is 94.6 Å². The first-order chi connectivity index (χ1) is 7.72. The van der Waals surface area contributed by atoms with Gasteiger partial charge < -0.3 is 15.7 Å². The van der Waals surface area contributed by atoms with E-state index in [1.807, 2.05) is 23.9 Å². The molecule has 0 bridgehead atoms. The Balaban J connectivity index is 2.15. The predicted molar refractivity (Wildman–Crippen MR) is 59.9 cm³/mol. The number of aromatic nitrogens is 2. The van der Waals surface area contributed by atoms with Crippen LogP contribution in [0.4, 0.5) is 4.79 Å². The van der Waals surface area contributed by atoms with Gasteiger partial charge in [-0.2, -0.15) is 5.10 Å². The van der Waals surface area contributed by atoms with Crippen molar-refractivity contribution in [1.29, 1.82) is 0 Å². The van der Waals surface area contributed by atoms with E-state index in [-0.39, 0.29) is 19.2 Å². The lowest BCUT2D eigenvalue weighted by molar-refractivity contribution is 0.232. The molecule has 1 aromatic heterocycles. The molecule has 1 aromatic rings. The Bertz CT molecular complexity index is 300. The molecule has 6 nitrogen and oxygen atoms in total. The van der Waals surface area contributed by atoms with Gasteiger partial charge in [0.25, 0.3) is 0 Å². The van der Waals surface area contributed by atoms with E-state index < -0.39 is 0 Å². The van der Waals surface area contributed by atoms with Gasteiger partial charge in [-0.05, 0) is 12.0 Å². The molecule has 0 spiro atoms. The topological polar surface area (TPSA) is 79.2 Å². The summed E-state index contributed by atoms with van der Waals surface area (Å²) in [6.45, 7) is 3.62. The highest BCUT2D eigenvalue weighted by Crippen LogP contribution is 1.97. The lowest BCUT2D eigenvalue weighted by Crippen LogP contribution is -2.39. The highest BCUT2D eigenvalue weighted by Gasteiger charge is 2.05. The van der Waals surface area contributed by atoms with E-state index in [0.29, 0.717) is 12.5 Å². The number of nitrogens with zero attached hydrogens (tertiary/aromatic N) is 2. The largest absolute Gasteiger partial charge is 0.395 e. The summed E-state index contributed by atoms with van der Waals surface area (Å²) in [6, 6.07) is 1.62. The molecular formula is C10H18N4O2. The molecule has 90 valence electrons. The minimum atomic E-state index is -0.249. The van der Waals surface area contributed by atoms with Crippen molar-refractivity contribution in [3.63, 3.8) is 0 Å². The number of carbonyl (C=O) groups is 1. The van der Waals surface area contributed by atoms with E-state index in [4.69, 9.17) is 5.11 Å². The van der Waals surface area contributed by atoms with Crippen molar-refractivity contribution in [2.45, 2.75) is 13.5 Å². The van der Waals surface area contributed by atoms with E-state index in [9.17, 15) is 4.79 Å². The third-order valence-electron chi connectivity index (χ3n) is 2.07. The number of carbonyl (C=O) groups excluding carboxylic acids is 1. The van der Waals surface area contributed by atoms with Crippen LogP contribution in [0.1, 0.15) is 6.92 Å². The van der Waals surface area contributed by atoms with Crippen LogP contribution >= 0.6 is 0 Å².